The molecule has 0 radical (unpaired) electrons. The summed E-state index contributed by atoms with van der Waals surface area (Å²) >= 11 is 1.97. The smallest absolute Gasteiger partial charge is 0.0417 e. The quantitative estimate of drug-likeness (QED) is 0.482. The normalized spacial score (nSPS) is 12.8. The van der Waals surface area contributed by atoms with Crippen molar-refractivity contribution in [1.29, 1.82) is 0 Å². The van der Waals surface area contributed by atoms with Gasteiger partial charge in [0.1, 0.15) is 0 Å². The second kappa shape index (κ2) is 10.4. The molecule has 1 nitrogen and oxygen atoms in total. The lowest BCUT2D eigenvalue weighted by Gasteiger charge is -2.17. The Bertz CT molecular complexity index is 356. The van der Waals surface area contributed by atoms with E-state index in [1.165, 1.54) is 61.8 Å². The third-order valence-electron chi connectivity index (χ3n) is 3.94. The fraction of sp³-hybridized carbons (Fsp3) is 0.778. The van der Waals surface area contributed by atoms with Gasteiger partial charge in [0, 0.05) is 15.8 Å². The van der Waals surface area contributed by atoms with Gasteiger partial charge in [-0.2, -0.15) is 0 Å². The first-order chi connectivity index (χ1) is 9.69. The lowest BCUT2D eigenvalue weighted by Crippen LogP contribution is -2.20. The van der Waals surface area contributed by atoms with E-state index >= 15 is 0 Å². The number of unbranched alkanes of at least 4 members (excludes halogenated alkanes) is 6. The van der Waals surface area contributed by atoms with Crippen molar-refractivity contribution in [3.05, 3.63) is 21.4 Å². The average molecular weight is 296 g/mol. The van der Waals surface area contributed by atoms with E-state index in [4.69, 9.17) is 0 Å². The van der Waals surface area contributed by atoms with Crippen molar-refractivity contribution in [2.45, 2.75) is 85.1 Å². The van der Waals surface area contributed by atoms with Crippen LogP contribution in [0, 0.1) is 13.8 Å². The van der Waals surface area contributed by atoms with Crippen molar-refractivity contribution in [2.75, 3.05) is 6.54 Å². The molecule has 0 fully saturated rings. The fourth-order valence-electron chi connectivity index (χ4n) is 2.88. The summed E-state index contributed by atoms with van der Waals surface area (Å²) in [5.41, 5.74) is 1.47. The van der Waals surface area contributed by atoms with Crippen LogP contribution >= 0.6 is 11.3 Å². The van der Waals surface area contributed by atoms with Crippen LogP contribution in [0.4, 0.5) is 0 Å². The Balaban J connectivity index is 2.31. The molecule has 1 unspecified atom stereocenters. The van der Waals surface area contributed by atoms with Gasteiger partial charge in [-0.15, -0.1) is 11.3 Å². The van der Waals surface area contributed by atoms with Gasteiger partial charge in [0.15, 0.2) is 0 Å². The SMILES string of the molecule is CCCCCCCCCC(NCC)c1sc(C)cc1C. The van der Waals surface area contributed by atoms with Crippen molar-refractivity contribution >= 4 is 11.3 Å². The molecule has 0 amide bonds. The standard InChI is InChI=1S/C18H33NS/c1-5-7-8-9-10-11-12-13-17(19-6-2)18-15(3)14-16(4)20-18/h14,17,19H,5-13H2,1-4H3. The van der Waals surface area contributed by atoms with Crippen LogP contribution in [0.25, 0.3) is 0 Å². The number of nitrogens with one attached hydrogen (secondary N) is 1. The van der Waals surface area contributed by atoms with Crippen LogP contribution in [0.15, 0.2) is 6.07 Å². The van der Waals surface area contributed by atoms with E-state index < -0.39 is 0 Å². The highest BCUT2D eigenvalue weighted by molar-refractivity contribution is 7.12. The number of thiophene rings is 1. The summed E-state index contributed by atoms with van der Waals surface area (Å²) in [6.07, 6.45) is 11.1. The second-order valence-corrected chi connectivity index (χ2v) is 7.21. The number of aryl methyl sites for hydroxylation is 2. The Labute approximate surface area is 130 Å². The van der Waals surface area contributed by atoms with E-state index in [-0.39, 0.29) is 0 Å². The Morgan fingerprint density at radius 2 is 1.65 bits per heavy atom. The van der Waals surface area contributed by atoms with Crippen LogP contribution in [-0.2, 0) is 0 Å². The fourth-order valence-corrected chi connectivity index (χ4v) is 4.03. The Hall–Kier alpha value is -0.340. The summed E-state index contributed by atoms with van der Waals surface area (Å²) in [5.74, 6) is 0. The largest absolute Gasteiger partial charge is 0.310 e. The van der Waals surface area contributed by atoms with Gasteiger partial charge in [-0.3, -0.25) is 0 Å². The lowest BCUT2D eigenvalue weighted by atomic mass is 10.0. The molecule has 116 valence electrons. The maximum atomic E-state index is 3.67. The predicted octanol–water partition coefficient (Wildman–Crippen LogP) is 6.16. The highest BCUT2D eigenvalue weighted by Crippen LogP contribution is 2.30. The Morgan fingerprint density at radius 3 is 2.20 bits per heavy atom. The number of rotatable bonds is 11. The maximum absolute atomic E-state index is 3.67. The minimum atomic E-state index is 0.578. The van der Waals surface area contributed by atoms with Crippen molar-refractivity contribution < 1.29 is 0 Å². The van der Waals surface area contributed by atoms with E-state index in [2.05, 4.69) is 39.1 Å². The third kappa shape index (κ3) is 6.41. The van der Waals surface area contributed by atoms with Crippen LogP contribution in [0.2, 0.25) is 0 Å². The van der Waals surface area contributed by atoms with E-state index in [9.17, 15) is 0 Å². The van der Waals surface area contributed by atoms with Crippen molar-refractivity contribution in [3.8, 4) is 0 Å². The molecule has 0 saturated carbocycles. The third-order valence-corrected chi connectivity index (χ3v) is 5.21. The monoisotopic (exact) mass is 295 g/mol. The molecule has 0 aliphatic carbocycles. The van der Waals surface area contributed by atoms with E-state index in [0.717, 1.165) is 6.54 Å². The zero-order valence-electron chi connectivity index (χ0n) is 13.9. The number of hydrogen-bond donors (Lipinski definition) is 1. The molecule has 2 heteroatoms. The van der Waals surface area contributed by atoms with E-state index in [0.29, 0.717) is 6.04 Å². The molecular formula is C18H33NS. The zero-order chi connectivity index (χ0) is 14.8. The molecule has 1 heterocycles. The van der Waals surface area contributed by atoms with Crippen LogP contribution in [0.3, 0.4) is 0 Å². The van der Waals surface area contributed by atoms with Crippen LogP contribution in [0.5, 0.6) is 0 Å². The predicted molar refractivity (Wildman–Crippen MR) is 92.8 cm³/mol. The second-order valence-electron chi connectivity index (χ2n) is 5.92. The van der Waals surface area contributed by atoms with Gasteiger partial charge in [-0.05, 0) is 38.4 Å². The van der Waals surface area contributed by atoms with Gasteiger partial charge in [-0.1, -0.05) is 58.8 Å². The molecule has 20 heavy (non-hydrogen) atoms. The highest BCUT2D eigenvalue weighted by Gasteiger charge is 2.14. The molecule has 0 aromatic carbocycles. The van der Waals surface area contributed by atoms with Crippen LogP contribution in [0.1, 0.15) is 86.6 Å². The van der Waals surface area contributed by atoms with Crippen LogP contribution in [-0.4, -0.2) is 6.54 Å². The first-order valence-corrected chi connectivity index (χ1v) is 9.31. The van der Waals surface area contributed by atoms with Crippen LogP contribution < -0.4 is 5.32 Å². The lowest BCUT2D eigenvalue weighted by molar-refractivity contribution is 0.480. The van der Waals surface area contributed by atoms with Gasteiger partial charge >= 0.3 is 0 Å². The Morgan fingerprint density at radius 1 is 1.00 bits per heavy atom. The van der Waals surface area contributed by atoms with Crippen molar-refractivity contribution in [3.63, 3.8) is 0 Å². The molecule has 0 bridgehead atoms. The molecule has 1 atom stereocenters. The average Bonchev–Trinajstić information content (AvgIpc) is 2.75. The van der Waals surface area contributed by atoms with Gasteiger partial charge in [0.25, 0.3) is 0 Å². The first-order valence-electron chi connectivity index (χ1n) is 8.49. The molecule has 0 spiro atoms. The summed E-state index contributed by atoms with van der Waals surface area (Å²) in [5, 5.41) is 3.67. The molecule has 1 aromatic rings. The summed E-state index contributed by atoms with van der Waals surface area (Å²) in [6, 6.07) is 2.91. The van der Waals surface area contributed by atoms with Gasteiger partial charge in [0.05, 0.1) is 0 Å². The maximum Gasteiger partial charge on any atom is 0.0417 e. The van der Waals surface area contributed by atoms with Crippen molar-refractivity contribution in [1.82, 2.24) is 5.32 Å². The summed E-state index contributed by atoms with van der Waals surface area (Å²) in [4.78, 5) is 3.01. The minimum Gasteiger partial charge on any atom is -0.310 e. The summed E-state index contributed by atoms with van der Waals surface area (Å²) in [7, 11) is 0. The molecular weight excluding hydrogens is 262 g/mol. The van der Waals surface area contributed by atoms with Gasteiger partial charge < -0.3 is 5.32 Å². The topological polar surface area (TPSA) is 12.0 Å². The van der Waals surface area contributed by atoms with E-state index in [1.807, 2.05) is 11.3 Å². The minimum absolute atomic E-state index is 0.578. The molecule has 0 saturated heterocycles. The van der Waals surface area contributed by atoms with Gasteiger partial charge in [-0.25, -0.2) is 0 Å². The van der Waals surface area contributed by atoms with E-state index in [1.54, 1.807) is 4.88 Å². The zero-order valence-corrected chi connectivity index (χ0v) is 14.7. The van der Waals surface area contributed by atoms with Gasteiger partial charge in [0.2, 0.25) is 0 Å². The molecule has 1 N–H and O–H groups in total. The number of hydrogen-bond acceptors (Lipinski definition) is 2. The molecule has 1 aromatic heterocycles. The molecule has 1 rings (SSSR count). The molecule has 0 aliphatic heterocycles. The first kappa shape index (κ1) is 17.7. The van der Waals surface area contributed by atoms with Crippen molar-refractivity contribution in [2.24, 2.45) is 0 Å². The summed E-state index contributed by atoms with van der Waals surface area (Å²) in [6.45, 7) is 10.0. The Kier molecular flexibility index (Phi) is 9.21. The summed E-state index contributed by atoms with van der Waals surface area (Å²) < 4.78 is 0. The molecule has 0 aliphatic rings. The highest BCUT2D eigenvalue weighted by atomic mass is 32.1.